The predicted molar refractivity (Wildman–Crippen MR) is 89.1 cm³/mol. The van der Waals surface area contributed by atoms with Crippen molar-refractivity contribution in [3.63, 3.8) is 0 Å². The minimum atomic E-state index is -0.0829. The molecule has 1 rings (SSSR count). The maximum Gasteiger partial charge on any atom is 0.222 e. The lowest BCUT2D eigenvalue weighted by Gasteiger charge is -2.21. The van der Waals surface area contributed by atoms with Gasteiger partial charge in [0.15, 0.2) is 0 Å². The molecule has 0 bridgehead atoms. The van der Waals surface area contributed by atoms with Crippen molar-refractivity contribution in [1.82, 2.24) is 5.32 Å². The van der Waals surface area contributed by atoms with Crippen LogP contribution >= 0.6 is 0 Å². The fraction of sp³-hybridized carbons (Fsp3) is 0.611. The molecule has 1 amide bonds. The summed E-state index contributed by atoms with van der Waals surface area (Å²) in [4.78, 5) is 12.0. The minimum Gasteiger partial charge on any atom is -0.350 e. The van der Waals surface area contributed by atoms with Crippen LogP contribution in [0.5, 0.6) is 0 Å². The standard InChI is InChI=1S/C18H30N2O/c1-12(2)16(19)11-17(21)20-13(3)14-7-9-15(10-8-14)18(4,5)6/h7-10,12-13,16H,11,19H2,1-6H3,(H,20,21). The lowest BCUT2D eigenvalue weighted by molar-refractivity contribution is -0.122. The number of hydrogen-bond acceptors (Lipinski definition) is 2. The molecule has 2 atom stereocenters. The Morgan fingerprint density at radius 2 is 1.67 bits per heavy atom. The number of nitrogens with two attached hydrogens (primary N) is 1. The highest BCUT2D eigenvalue weighted by atomic mass is 16.1. The molecule has 0 saturated carbocycles. The van der Waals surface area contributed by atoms with Crippen LogP contribution < -0.4 is 11.1 Å². The zero-order chi connectivity index (χ0) is 16.2. The molecule has 0 aliphatic rings. The molecule has 0 fully saturated rings. The van der Waals surface area contributed by atoms with Crippen LogP contribution in [0.3, 0.4) is 0 Å². The number of amides is 1. The van der Waals surface area contributed by atoms with E-state index in [9.17, 15) is 4.79 Å². The number of carbonyl (C=O) groups is 1. The predicted octanol–water partition coefficient (Wildman–Crippen LogP) is 3.53. The fourth-order valence-electron chi connectivity index (χ4n) is 2.11. The van der Waals surface area contributed by atoms with Crippen LogP contribution in [0.2, 0.25) is 0 Å². The van der Waals surface area contributed by atoms with Gasteiger partial charge in [0, 0.05) is 12.5 Å². The van der Waals surface area contributed by atoms with E-state index in [1.807, 2.05) is 20.8 Å². The molecule has 0 radical (unpaired) electrons. The van der Waals surface area contributed by atoms with Crippen molar-refractivity contribution in [3.8, 4) is 0 Å². The van der Waals surface area contributed by atoms with E-state index in [0.717, 1.165) is 5.56 Å². The molecule has 2 unspecified atom stereocenters. The van der Waals surface area contributed by atoms with Gasteiger partial charge in [-0.1, -0.05) is 58.9 Å². The van der Waals surface area contributed by atoms with Crippen molar-refractivity contribution in [2.45, 2.75) is 65.5 Å². The Bertz CT molecular complexity index is 457. The molecule has 0 spiro atoms. The van der Waals surface area contributed by atoms with Crippen LogP contribution in [-0.4, -0.2) is 11.9 Å². The lowest BCUT2D eigenvalue weighted by Crippen LogP contribution is -2.35. The van der Waals surface area contributed by atoms with Gasteiger partial charge in [-0.05, 0) is 29.4 Å². The van der Waals surface area contributed by atoms with Crippen LogP contribution in [0.4, 0.5) is 0 Å². The van der Waals surface area contributed by atoms with Gasteiger partial charge >= 0.3 is 0 Å². The third kappa shape index (κ3) is 5.50. The monoisotopic (exact) mass is 290 g/mol. The van der Waals surface area contributed by atoms with E-state index >= 15 is 0 Å². The first-order valence-corrected chi connectivity index (χ1v) is 7.76. The largest absolute Gasteiger partial charge is 0.350 e. The van der Waals surface area contributed by atoms with E-state index < -0.39 is 0 Å². The summed E-state index contributed by atoms with van der Waals surface area (Å²) in [5.74, 6) is 0.334. The normalized spacial score (nSPS) is 14.9. The Morgan fingerprint density at radius 1 is 1.14 bits per heavy atom. The number of carbonyl (C=O) groups excluding carboxylic acids is 1. The van der Waals surface area contributed by atoms with E-state index in [4.69, 9.17) is 5.73 Å². The van der Waals surface area contributed by atoms with Gasteiger partial charge in [-0.25, -0.2) is 0 Å². The van der Waals surface area contributed by atoms with Crippen LogP contribution in [0.25, 0.3) is 0 Å². The molecule has 118 valence electrons. The second-order valence-electron chi connectivity index (χ2n) is 7.27. The third-order valence-electron chi connectivity index (χ3n) is 3.93. The Hall–Kier alpha value is -1.35. The van der Waals surface area contributed by atoms with E-state index in [-0.39, 0.29) is 23.4 Å². The molecule has 0 aliphatic heterocycles. The number of nitrogens with one attached hydrogen (secondary N) is 1. The smallest absolute Gasteiger partial charge is 0.222 e. The van der Waals surface area contributed by atoms with Gasteiger partial charge in [0.05, 0.1) is 6.04 Å². The molecule has 0 aromatic heterocycles. The molecule has 1 aromatic carbocycles. The van der Waals surface area contributed by atoms with Crippen molar-refractivity contribution in [2.75, 3.05) is 0 Å². The molecule has 0 saturated heterocycles. The summed E-state index contributed by atoms with van der Waals surface area (Å²) in [5, 5.41) is 3.02. The molecule has 3 N–H and O–H groups in total. The Kier molecular flexibility index (Phi) is 5.97. The molecular formula is C18H30N2O. The summed E-state index contributed by atoms with van der Waals surface area (Å²) in [7, 11) is 0. The molecule has 21 heavy (non-hydrogen) atoms. The highest BCUT2D eigenvalue weighted by molar-refractivity contribution is 5.77. The van der Waals surface area contributed by atoms with E-state index in [2.05, 4.69) is 50.4 Å². The zero-order valence-electron chi connectivity index (χ0n) is 14.2. The summed E-state index contributed by atoms with van der Waals surface area (Å²) in [6, 6.07) is 8.38. The number of hydrogen-bond donors (Lipinski definition) is 2. The zero-order valence-corrected chi connectivity index (χ0v) is 14.2. The Balaban J connectivity index is 2.63. The molecule has 1 aromatic rings. The minimum absolute atomic E-state index is 0.00545. The van der Waals surface area contributed by atoms with Gasteiger partial charge < -0.3 is 11.1 Å². The van der Waals surface area contributed by atoms with Gasteiger partial charge in [0.1, 0.15) is 0 Å². The summed E-state index contributed by atoms with van der Waals surface area (Å²) in [6.07, 6.45) is 0.377. The summed E-state index contributed by atoms with van der Waals surface area (Å²) < 4.78 is 0. The topological polar surface area (TPSA) is 55.1 Å². The van der Waals surface area contributed by atoms with E-state index in [0.29, 0.717) is 12.3 Å². The average Bonchev–Trinajstić information content (AvgIpc) is 2.37. The third-order valence-corrected chi connectivity index (χ3v) is 3.93. The van der Waals surface area contributed by atoms with Gasteiger partial charge in [0.2, 0.25) is 5.91 Å². The highest BCUT2D eigenvalue weighted by Gasteiger charge is 2.17. The SMILES string of the molecule is CC(NC(=O)CC(N)C(C)C)c1ccc(C(C)(C)C)cc1. The van der Waals surface area contributed by atoms with Crippen LogP contribution in [-0.2, 0) is 10.2 Å². The summed E-state index contributed by atoms with van der Waals surface area (Å²) >= 11 is 0. The van der Waals surface area contributed by atoms with E-state index in [1.165, 1.54) is 5.56 Å². The summed E-state index contributed by atoms with van der Waals surface area (Å²) in [5.41, 5.74) is 8.50. The lowest BCUT2D eigenvalue weighted by atomic mass is 9.86. The maximum absolute atomic E-state index is 12.0. The maximum atomic E-state index is 12.0. The molecule has 0 aliphatic carbocycles. The van der Waals surface area contributed by atoms with E-state index in [1.54, 1.807) is 0 Å². The fourth-order valence-corrected chi connectivity index (χ4v) is 2.11. The Morgan fingerprint density at radius 3 is 2.10 bits per heavy atom. The van der Waals surface area contributed by atoms with Gasteiger partial charge in [0.25, 0.3) is 0 Å². The van der Waals surface area contributed by atoms with Crippen LogP contribution in [0.15, 0.2) is 24.3 Å². The average molecular weight is 290 g/mol. The van der Waals surface area contributed by atoms with Gasteiger partial charge in [-0.2, -0.15) is 0 Å². The second-order valence-corrected chi connectivity index (χ2v) is 7.27. The van der Waals surface area contributed by atoms with Crippen molar-refractivity contribution in [1.29, 1.82) is 0 Å². The Labute approximate surface area is 129 Å². The first-order valence-electron chi connectivity index (χ1n) is 7.76. The van der Waals surface area contributed by atoms with Crippen LogP contribution in [0, 0.1) is 5.92 Å². The molecule has 3 nitrogen and oxygen atoms in total. The van der Waals surface area contributed by atoms with Crippen molar-refractivity contribution < 1.29 is 4.79 Å². The van der Waals surface area contributed by atoms with Crippen LogP contribution in [0.1, 0.15) is 65.1 Å². The molecule has 3 heteroatoms. The van der Waals surface area contributed by atoms with Gasteiger partial charge in [-0.3, -0.25) is 4.79 Å². The van der Waals surface area contributed by atoms with Gasteiger partial charge in [-0.15, -0.1) is 0 Å². The van der Waals surface area contributed by atoms with Crippen molar-refractivity contribution in [3.05, 3.63) is 35.4 Å². The summed E-state index contributed by atoms with van der Waals surface area (Å²) in [6.45, 7) is 12.7. The first kappa shape index (κ1) is 17.7. The highest BCUT2D eigenvalue weighted by Crippen LogP contribution is 2.23. The van der Waals surface area contributed by atoms with Crippen molar-refractivity contribution >= 4 is 5.91 Å². The number of benzene rings is 1. The number of rotatable bonds is 5. The second kappa shape index (κ2) is 7.08. The quantitative estimate of drug-likeness (QED) is 0.871. The van der Waals surface area contributed by atoms with Crippen molar-refractivity contribution in [2.24, 2.45) is 11.7 Å². The molecule has 0 heterocycles. The molecular weight excluding hydrogens is 260 g/mol. The first-order chi connectivity index (χ1) is 9.61.